The van der Waals surface area contributed by atoms with Crippen LogP contribution in [0.3, 0.4) is 0 Å². The van der Waals surface area contributed by atoms with Crippen molar-refractivity contribution >= 4 is 47.8 Å². The molecule has 5 heteroatoms. The molecule has 0 atom stereocenters. The Morgan fingerprint density at radius 1 is 0.591 bits per heavy atom. The monoisotopic (exact) mass is 427 g/mol. The number of aromatic nitrogens is 1. The number of hydrogen-bond donors (Lipinski definition) is 0. The van der Waals surface area contributed by atoms with E-state index in [1.165, 1.54) is 24.3 Å². The molecule has 3 aromatic rings. The van der Waals surface area contributed by atoms with Crippen LogP contribution in [0.2, 0.25) is 0 Å². The molecule has 0 bridgehead atoms. The van der Waals surface area contributed by atoms with Crippen molar-refractivity contribution in [3.8, 4) is 0 Å². The Kier molecular flexibility index (Phi) is 5.01. The van der Waals surface area contributed by atoms with E-state index in [4.69, 9.17) is 0 Å². The number of halogens is 2. The van der Waals surface area contributed by atoms with Crippen LogP contribution in [-0.4, -0.2) is 34.9 Å². The zero-order chi connectivity index (χ0) is 15.4. The summed E-state index contributed by atoms with van der Waals surface area (Å²) < 4.78 is 30.4. The van der Waals surface area contributed by atoms with Gasteiger partial charge >= 0.3 is 140 Å². The SMILES string of the molecule is Fc1ccc([Se]c2cncc([Se]c3ccc(F)cc3)c2)cc1. The van der Waals surface area contributed by atoms with Gasteiger partial charge in [-0.3, -0.25) is 0 Å². The van der Waals surface area contributed by atoms with Crippen LogP contribution >= 0.6 is 0 Å². The van der Waals surface area contributed by atoms with Crippen molar-refractivity contribution in [2.75, 3.05) is 0 Å². The molecule has 0 aliphatic heterocycles. The molecule has 0 unspecified atom stereocenters. The first-order valence-electron chi connectivity index (χ1n) is 6.51. The van der Waals surface area contributed by atoms with Crippen molar-refractivity contribution in [3.05, 3.63) is 78.6 Å². The average molecular weight is 425 g/mol. The Balaban J connectivity index is 1.74. The molecular weight excluding hydrogens is 414 g/mol. The molecule has 0 fully saturated rings. The fourth-order valence-corrected chi connectivity index (χ4v) is 5.71. The molecule has 0 saturated carbocycles. The van der Waals surface area contributed by atoms with Crippen molar-refractivity contribution in [1.82, 2.24) is 4.98 Å². The first-order chi connectivity index (χ1) is 10.7. The van der Waals surface area contributed by atoms with E-state index in [2.05, 4.69) is 11.1 Å². The van der Waals surface area contributed by atoms with Gasteiger partial charge in [-0.25, -0.2) is 0 Å². The zero-order valence-corrected chi connectivity index (χ0v) is 14.8. The predicted molar refractivity (Wildman–Crippen MR) is 87.1 cm³/mol. The maximum atomic E-state index is 12.9. The minimum absolute atomic E-state index is 0.107. The fourth-order valence-electron chi connectivity index (χ4n) is 1.79. The van der Waals surface area contributed by atoms with Gasteiger partial charge in [-0.15, -0.1) is 0 Å². The summed E-state index contributed by atoms with van der Waals surface area (Å²) in [5.74, 6) is -0.433. The van der Waals surface area contributed by atoms with Gasteiger partial charge in [0.1, 0.15) is 0 Å². The Morgan fingerprint density at radius 2 is 1.00 bits per heavy atom. The van der Waals surface area contributed by atoms with Crippen LogP contribution in [0.15, 0.2) is 67.0 Å². The molecule has 1 heterocycles. The van der Waals surface area contributed by atoms with Crippen LogP contribution in [0, 0.1) is 11.6 Å². The van der Waals surface area contributed by atoms with Crippen LogP contribution in [0.1, 0.15) is 0 Å². The minimum atomic E-state index is -0.217. The fraction of sp³-hybridized carbons (Fsp3) is 0. The van der Waals surface area contributed by atoms with E-state index in [9.17, 15) is 8.78 Å². The molecule has 0 N–H and O–H groups in total. The maximum absolute atomic E-state index is 12.9. The Hall–Kier alpha value is -1.51. The van der Waals surface area contributed by atoms with Crippen molar-refractivity contribution in [3.63, 3.8) is 0 Å². The van der Waals surface area contributed by atoms with E-state index in [0.717, 1.165) is 17.8 Å². The van der Waals surface area contributed by atoms with E-state index in [1.807, 2.05) is 36.7 Å². The Morgan fingerprint density at radius 3 is 1.41 bits per heavy atom. The Labute approximate surface area is 140 Å². The second kappa shape index (κ2) is 7.17. The molecule has 22 heavy (non-hydrogen) atoms. The van der Waals surface area contributed by atoms with Gasteiger partial charge in [-0.1, -0.05) is 0 Å². The molecule has 110 valence electrons. The standard InChI is InChI=1S/C17H11F2NSe2/c18-12-1-5-14(6-2-12)21-16-9-17(11-20-10-16)22-15-7-3-13(19)4-8-15/h1-11H. The van der Waals surface area contributed by atoms with E-state index >= 15 is 0 Å². The van der Waals surface area contributed by atoms with E-state index < -0.39 is 0 Å². The van der Waals surface area contributed by atoms with Crippen molar-refractivity contribution in [2.24, 2.45) is 0 Å². The summed E-state index contributed by atoms with van der Waals surface area (Å²) in [7, 11) is 0. The molecule has 0 amide bonds. The number of hydrogen-bond acceptors (Lipinski definition) is 1. The summed E-state index contributed by atoms with van der Waals surface area (Å²) >= 11 is 0.213. The molecule has 0 aliphatic carbocycles. The van der Waals surface area contributed by atoms with Gasteiger partial charge in [0.05, 0.1) is 0 Å². The topological polar surface area (TPSA) is 12.9 Å². The van der Waals surface area contributed by atoms with Crippen LogP contribution in [0.4, 0.5) is 8.78 Å². The molecule has 1 nitrogen and oxygen atoms in total. The number of pyridine rings is 1. The molecule has 0 saturated heterocycles. The first kappa shape index (κ1) is 15.4. The number of benzene rings is 2. The Bertz CT molecular complexity index is 696. The van der Waals surface area contributed by atoms with E-state index in [-0.39, 0.29) is 41.5 Å². The quantitative estimate of drug-likeness (QED) is 0.561. The van der Waals surface area contributed by atoms with Gasteiger partial charge in [0.25, 0.3) is 0 Å². The van der Waals surface area contributed by atoms with Gasteiger partial charge in [-0.2, -0.15) is 0 Å². The third-order valence-electron chi connectivity index (χ3n) is 2.79. The van der Waals surface area contributed by atoms with Gasteiger partial charge in [0.15, 0.2) is 0 Å². The number of nitrogens with zero attached hydrogens (tertiary/aromatic N) is 1. The second-order valence-corrected chi connectivity index (χ2v) is 9.28. The van der Waals surface area contributed by atoms with Crippen LogP contribution in [-0.2, 0) is 0 Å². The second-order valence-electron chi connectivity index (χ2n) is 4.47. The summed E-state index contributed by atoms with van der Waals surface area (Å²) in [5, 5.41) is 0. The summed E-state index contributed by atoms with van der Waals surface area (Å²) in [6, 6.07) is 15.3. The predicted octanol–water partition coefficient (Wildman–Crippen LogP) is 0.670. The molecule has 3 rings (SSSR count). The zero-order valence-electron chi connectivity index (χ0n) is 11.4. The molecule has 0 aliphatic rings. The normalized spacial score (nSPS) is 10.6. The average Bonchev–Trinajstić information content (AvgIpc) is 2.52. The van der Waals surface area contributed by atoms with Crippen molar-refractivity contribution in [1.29, 1.82) is 0 Å². The first-order valence-corrected chi connectivity index (χ1v) is 9.93. The third-order valence-corrected chi connectivity index (χ3v) is 6.84. The van der Waals surface area contributed by atoms with Gasteiger partial charge in [0, 0.05) is 0 Å². The molecule has 1 aromatic heterocycles. The van der Waals surface area contributed by atoms with Gasteiger partial charge in [-0.05, 0) is 0 Å². The third kappa shape index (κ3) is 4.25. The summed E-state index contributed by atoms with van der Waals surface area (Å²) in [5.41, 5.74) is 0. The molecule has 0 spiro atoms. The van der Waals surface area contributed by atoms with Crippen LogP contribution < -0.4 is 17.8 Å². The van der Waals surface area contributed by atoms with E-state index in [0.29, 0.717) is 0 Å². The molecule has 2 aromatic carbocycles. The van der Waals surface area contributed by atoms with Crippen LogP contribution in [0.5, 0.6) is 0 Å². The summed E-state index contributed by atoms with van der Waals surface area (Å²) in [6.45, 7) is 0. The van der Waals surface area contributed by atoms with E-state index in [1.54, 1.807) is 0 Å². The summed E-state index contributed by atoms with van der Waals surface area (Å²) in [4.78, 5) is 4.30. The van der Waals surface area contributed by atoms with Crippen molar-refractivity contribution < 1.29 is 8.78 Å². The van der Waals surface area contributed by atoms with Gasteiger partial charge < -0.3 is 0 Å². The van der Waals surface area contributed by atoms with Gasteiger partial charge in [0.2, 0.25) is 0 Å². The van der Waals surface area contributed by atoms with Crippen molar-refractivity contribution in [2.45, 2.75) is 0 Å². The van der Waals surface area contributed by atoms with Crippen LogP contribution in [0.25, 0.3) is 0 Å². The molecular formula is C17H11F2NSe2. The molecule has 0 radical (unpaired) electrons. The number of rotatable bonds is 4. The summed E-state index contributed by atoms with van der Waals surface area (Å²) in [6.07, 6.45) is 3.71.